The Hall–Kier alpha value is -2.00. The monoisotopic (exact) mass is 373 g/mol. The molecule has 0 spiro atoms. The molecule has 3 nitrogen and oxygen atoms in total. The fourth-order valence-corrected chi connectivity index (χ4v) is 2.58. The second-order valence-corrected chi connectivity index (χ2v) is 7.03. The molecule has 0 aromatic rings. The van der Waals surface area contributed by atoms with Gasteiger partial charge in [-0.3, -0.25) is 0 Å². The van der Waals surface area contributed by atoms with Crippen LogP contribution in [0.5, 0.6) is 0 Å². The van der Waals surface area contributed by atoms with Crippen LogP contribution in [-0.4, -0.2) is 19.1 Å². The predicted octanol–water partition coefficient (Wildman–Crippen LogP) is 5.76. The van der Waals surface area contributed by atoms with Crippen LogP contribution in [0.15, 0.2) is 72.7 Å². The van der Waals surface area contributed by atoms with Gasteiger partial charge in [-0.25, -0.2) is 0 Å². The van der Waals surface area contributed by atoms with Gasteiger partial charge in [0.15, 0.2) is 0 Å². The molecule has 27 heavy (non-hydrogen) atoms. The number of hydrogen-bond acceptors (Lipinski definition) is 3. The normalized spacial score (nSPS) is 19.8. The summed E-state index contributed by atoms with van der Waals surface area (Å²) >= 11 is 0. The van der Waals surface area contributed by atoms with Crippen LogP contribution in [0.4, 0.5) is 0 Å². The second-order valence-electron chi connectivity index (χ2n) is 7.03. The van der Waals surface area contributed by atoms with Crippen LogP contribution in [0.3, 0.4) is 0 Å². The molecule has 0 amide bonds. The summed E-state index contributed by atoms with van der Waals surface area (Å²) in [4.78, 5) is 0. The summed E-state index contributed by atoms with van der Waals surface area (Å²) < 4.78 is 0. The highest BCUT2D eigenvalue weighted by molar-refractivity contribution is 5.38. The molecule has 154 valence electrons. The van der Waals surface area contributed by atoms with Crippen LogP contribution in [0.1, 0.15) is 60.3 Å². The Morgan fingerprint density at radius 2 is 1.52 bits per heavy atom. The van der Waals surface area contributed by atoms with Crippen molar-refractivity contribution in [1.82, 2.24) is 10.6 Å². The van der Waals surface area contributed by atoms with Gasteiger partial charge in [0.2, 0.25) is 0 Å². The third-order valence-electron chi connectivity index (χ3n) is 3.81. The molecule has 0 aromatic heterocycles. The Morgan fingerprint density at radius 1 is 1.00 bits per heavy atom. The smallest absolute Gasteiger partial charge is 0.0364 e. The molecule has 0 aliphatic heterocycles. The fourth-order valence-electron chi connectivity index (χ4n) is 2.58. The maximum absolute atomic E-state index is 5.78. The van der Waals surface area contributed by atoms with E-state index < -0.39 is 0 Å². The van der Waals surface area contributed by atoms with E-state index in [9.17, 15) is 0 Å². The van der Waals surface area contributed by atoms with Gasteiger partial charge in [-0.15, -0.1) is 6.58 Å². The van der Waals surface area contributed by atoms with Gasteiger partial charge in [-0.1, -0.05) is 49.1 Å². The van der Waals surface area contributed by atoms with E-state index in [2.05, 4.69) is 36.4 Å². The summed E-state index contributed by atoms with van der Waals surface area (Å²) in [6.07, 6.45) is 14.5. The number of nitrogens with one attached hydrogen (secondary N) is 2. The first-order chi connectivity index (χ1) is 12.7. The highest BCUT2D eigenvalue weighted by Crippen LogP contribution is 2.17. The maximum atomic E-state index is 5.78. The third-order valence-corrected chi connectivity index (χ3v) is 3.81. The molecule has 0 aromatic carbocycles. The van der Waals surface area contributed by atoms with Crippen LogP contribution in [0, 0.1) is 0 Å². The largest absolute Gasteiger partial charge is 0.388 e. The molecule has 0 saturated heterocycles. The van der Waals surface area contributed by atoms with E-state index in [1.54, 1.807) is 6.08 Å². The Labute approximate surface area is 168 Å². The number of hydrogen-bond donors (Lipinski definition) is 3. The molecule has 1 fully saturated rings. The molecular weight excluding hydrogens is 330 g/mol. The van der Waals surface area contributed by atoms with Crippen LogP contribution in [-0.2, 0) is 0 Å². The van der Waals surface area contributed by atoms with Crippen molar-refractivity contribution in [3.05, 3.63) is 72.7 Å². The van der Waals surface area contributed by atoms with E-state index in [1.807, 2.05) is 59.9 Å². The maximum Gasteiger partial charge on any atom is 0.0364 e. The van der Waals surface area contributed by atoms with Crippen LogP contribution >= 0.6 is 0 Å². The summed E-state index contributed by atoms with van der Waals surface area (Å²) in [6, 6.07) is 1.07. The Bertz CT molecular complexity index is 512. The van der Waals surface area contributed by atoms with Crippen molar-refractivity contribution in [3.63, 3.8) is 0 Å². The van der Waals surface area contributed by atoms with Crippen molar-refractivity contribution in [2.45, 2.75) is 72.4 Å². The Kier molecular flexibility index (Phi) is 17.6. The van der Waals surface area contributed by atoms with Crippen LogP contribution in [0.25, 0.3) is 0 Å². The first kappa shape index (κ1) is 27.2. The molecule has 0 atom stereocenters. The lowest BCUT2D eigenvalue weighted by atomic mass is 9.92. The van der Waals surface area contributed by atoms with E-state index >= 15 is 0 Å². The number of rotatable bonds is 6. The SMILES string of the molecule is C=C(C)C.C=C(C)NC1CCC(N)CC1.C=C\C=C/C(=C\C)C(=C/C)/NC. The lowest BCUT2D eigenvalue weighted by Gasteiger charge is -2.27. The van der Waals surface area contributed by atoms with Crippen molar-refractivity contribution in [2.75, 3.05) is 7.05 Å². The van der Waals surface area contributed by atoms with Gasteiger partial charge >= 0.3 is 0 Å². The summed E-state index contributed by atoms with van der Waals surface area (Å²) in [6.45, 7) is 21.0. The molecule has 1 saturated carbocycles. The number of nitrogens with two attached hydrogens (primary N) is 1. The molecule has 1 aliphatic rings. The first-order valence-corrected chi connectivity index (χ1v) is 9.81. The third kappa shape index (κ3) is 17.2. The zero-order valence-corrected chi connectivity index (χ0v) is 18.6. The lowest BCUT2D eigenvalue weighted by molar-refractivity contribution is 0.361. The predicted molar refractivity (Wildman–Crippen MR) is 125 cm³/mol. The molecule has 0 unspecified atom stereocenters. The van der Waals surface area contributed by atoms with E-state index in [0.29, 0.717) is 12.1 Å². The van der Waals surface area contributed by atoms with Crippen molar-refractivity contribution < 1.29 is 0 Å². The van der Waals surface area contributed by atoms with Crippen molar-refractivity contribution in [2.24, 2.45) is 5.73 Å². The van der Waals surface area contributed by atoms with Gasteiger partial charge in [0.25, 0.3) is 0 Å². The van der Waals surface area contributed by atoms with Crippen LogP contribution < -0.4 is 16.4 Å². The highest BCUT2D eigenvalue weighted by Gasteiger charge is 2.17. The fraction of sp³-hybridized carbons (Fsp3) is 0.500. The molecule has 1 rings (SSSR count). The minimum atomic E-state index is 0.443. The summed E-state index contributed by atoms with van der Waals surface area (Å²) in [5.74, 6) is 0. The average molecular weight is 374 g/mol. The van der Waals surface area contributed by atoms with Gasteiger partial charge in [-0.05, 0) is 65.9 Å². The number of allylic oxidation sites excluding steroid dienone is 7. The minimum Gasteiger partial charge on any atom is -0.388 e. The molecule has 1 aliphatic carbocycles. The van der Waals surface area contributed by atoms with E-state index in [1.165, 1.54) is 24.0 Å². The van der Waals surface area contributed by atoms with E-state index in [0.717, 1.165) is 24.2 Å². The summed E-state index contributed by atoms with van der Waals surface area (Å²) in [5, 5.41) is 6.47. The topological polar surface area (TPSA) is 50.1 Å². The molecule has 4 N–H and O–H groups in total. The molecular formula is C24H43N3. The van der Waals surface area contributed by atoms with Gasteiger partial charge in [0.1, 0.15) is 0 Å². The summed E-state index contributed by atoms with van der Waals surface area (Å²) in [7, 11) is 1.92. The van der Waals surface area contributed by atoms with Gasteiger partial charge < -0.3 is 16.4 Å². The van der Waals surface area contributed by atoms with Crippen LogP contribution in [0.2, 0.25) is 0 Å². The van der Waals surface area contributed by atoms with Crippen molar-refractivity contribution in [3.8, 4) is 0 Å². The summed E-state index contributed by atoms with van der Waals surface area (Å²) in [5.41, 5.74) is 10.3. The molecule has 0 bridgehead atoms. The van der Waals surface area contributed by atoms with Crippen molar-refractivity contribution >= 4 is 0 Å². The quantitative estimate of drug-likeness (QED) is 0.410. The first-order valence-electron chi connectivity index (χ1n) is 9.81. The Balaban J connectivity index is 0. The molecule has 3 heteroatoms. The molecule has 0 heterocycles. The van der Waals surface area contributed by atoms with E-state index in [4.69, 9.17) is 5.73 Å². The van der Waals surface area contributed by atoms with Crippen molar-refractivity contribution in [1.29, 1.82) is 0 Å². The van der Waals surface area contributed by atoms with Gasteiger partial charge in [0.05, 0.1) is 0 Å². The second kappa shape index (κ2) is 17.4. The zero-order chi connectivity index (χ0) is 21.2. The van der Waals surface area contributed by atoms with Gasteiger partial charge in [-0.2, -0.15) is 0 Å². The Morgan fingerprint density at radius 3 is 1.85 bits per heavy atom. The average Bonchev–Trinajstić information content (AvgIpc) is 2.60. The zero-order valence-electron chi connectivity index (χ0n) is 18.6. The van der Waals surface area contributed by atoms with Gasteiger partial charge in [0, 0.05) is 30.5 Å². The standard InChI is InChI=1S/C11H17N.C9H18N2.C4H8/c1-5-8-9-10(6-2)11(7-3)12-4;1-7(2)11-9-5-3-8(10)4-6-9;1-4(2)3/h5-9,12H,1H2,2-4H3;8-9,11H,1,3-6,10H2,2H3;1H2,2-3H3/b9-8-,10-6+,11-7-;;. The molecule has 0 radical (unpaired) electrons. The number of likely N-dealkylation sites (N-methyl/N-ethyl adjacent to an activating group) is 1. The highest BCUT2D eigenvalue weighted by atomic mass is 14.9. The minimum absolute atomic E-state index is 0.443. The lowest BCUT2D eigenvalue weighted by Crippen LogP contribution is -2.36. The van der Waals surface area contributed by atoms with E-state index in [-0.39, 0.29) is 0 Å².